The maximum atomic E-state index is 5.19. The first-order valence-electron chi connectivity index (χ1n) is 3.65. The fraction of sp³-hybridized carbons (Fsp3) is 0.857. The minimum absolute atomic E-state index is 0.584. The van der Waals surface area contributed by atoms with Crippen molar-refractivity contribution < 1.29 is 0 Å². The van der Waals surface area contributed by atoms with Crippen molar-refractivity contribution >= 4 is 28.3 Å². The molecule has 10 heavy (non-hydrogen) atoms. The molecule has 1 heterocycles. The highest BCUT2D eigenvalue weighted by atomic mass is 32.2. The van der Waals surface area contributed by atoms with Crippen LogP contribution in [0.1, 0.15) is 20.3 Å². The molecule has 0 unspecified atom stereocenters. The van der Waals surface area contributed by atoms with Crippen LogP contribution in [0.15, 0.2) is 0 Å². The molecule has 0 radical (unpaired) electrons. The van der Waals surface area contributed by atoms with Gasteiger partial charge in [-0.05, 0) is 20.3 Å². The van der Waals surface area contributed by atoms with E-state index in [0.29, 0.717) is 6.04 Å². The highest BCUT2D eigenvalue weighted by molar-refractivity contribution is 8.22. The third kappa shape index (κ3) is 1.86. The third-order valence-electron chi connectivity index (χ3n) is 1.63. The van der Waals surface area contributed by atoms with Crippen LogP contribution in [-0.4, -0.2) is 27.6 Å². The van der Waals surface area contributed by atoms with Gasteiger partial charge in [-0.2, -0.15) is 0 Å². The molecular weight excluding hydrogens is 162 g/mol. The second-order valence-electron chi connectivity index (χ2n) is 2.76. The third-order valence-corrected chi connectivity index (χ3v) is 3.19. The Morgan fingerprint density at radius 2 is 2.30 bits per heavy atom. The summed E-state index contributed by atoms with van der Waals surface area (Å²) in [6.07, 6.45) is 1.28. The van der Waals surface area contributed by atoms with E-state index in [1.807, 2.05) is 11.8 Å². The molecule has 0 bridgehead atoms. The van der Waals surface area contributed by atoms with E-state index in [4.69, 9.17) is 12.2 Å². The summed E-state index contributed by atoms with van der Waals surface area (Å²) in [4.78, 5) is 2.30. The fourth-order valence-electron chi connectivity index (χ4n) is 1.04. The van der Waals surface area contributed by atoms with Crippen LogP contribution in [0.4, 0.5) is 0 Å². The summed E-state index contributed by atoms with van der Waals surface area (Å²) in [6.45, 7) is 5.54. The average Bonchev–Trinajstić information content (AvgIpc) is 1.88. The standard InChI is InChI=1S/C7H13NS2/c1-6(2)8-4-3-5-10-7(8)9/h6H,3-5H2,1-2H3. The number of thioether (sulfide) groups is 1. The first-order valence-corrected chi connectivity index (χ1v) is 5.04. The molecule has 1 fully saturated rings. The summed E-state index contributed by atoms with van der Waals surface area (Å²) in [5, 5.41) is 0. The second kappa shape index (κ2) is 3.58. The quantitative estimate of drug-likeness (QED) is 0.562. The summed E-state index contributed by atoms with van der Waals surface area (Å²) >= 11 is 7.00. The second-order valence-corrected chi connectivity index (χ2v) is 4.48. The number of hydrogen-bond donors (Lipinski definition) is 0. The van der Waals surface area contributed by atoms with E-state index in [1.54, 1.807) is 0 Å². The van der Waals surface area contributed by atoms with E-state index in [9.17, 15) is 0 Å². The largest absolute Gasteiger partial charge is 0.355 e. The van der Waals surface area contributed by atoms with Gasteiger partial charge in [0, 0.05) is 18.3 Å². The number of nitrogens with zero attached hydrogens (tertiary/aromatic N) is 1. The van der Waals surface area contributed by atoms with Crippen molar-refractivity contribution in [3.63, 3.8) is 0 Å². The van der Waals surface area contributed by atoms with Gasteiger partial charge in [-0.25, -0.2) is 0 Å². The Labute approximate surface area is 72.2 Å². The Morgan fingerprint density at radius 1 is 1.60 bits per heavy atom. The van der Waals surface area contributed by atoms with Crippen LogP contribution in [0.25, 0.3) is 0 Å². The van der Waals surface area contributed by atoms with Gasteiger partial charge in [0.1, 0.15) is 4.32 Å². The van der Waals surface area contributed by atoms with E-state index in [1.165, 1.54) is 12.2 Å². The topological polar surface area (TPSA) is 3.24 Å². The predicted octanol–water partition coefficient (Wildman–Crippen LogP) is 2.12. The number of hydrogen-bond acceptors (Lipinski definition) is 2. The molecular formula is C7H13NS2. The molecule has 0 aromatic rings. The van der Waals surface area contributed by atoms with Crippen LogP contribution in [0, 0.1) is 0 Å². The highest BCUT2D eigenvalue weighted by Gasteiger charge is 2.16. The molecule has 1 saturated heterocycles. The van der Waals surface area contributed by atoms with Gasteiger partial charge in [0.25, 0.3) is 0 Å². The summed E-state index contributed by atoms with van der Waals surface area (Å²) in [7, 11) is 0. The van der Waals surface area contributed by atoms with Crippen molar-refractivity contribution in [3.05, 3.63) is 0 Å². The van der Waals surface area contributed by atoms with E-state index < -0.39 is 0 Å². The lowest BCUT2D eigenvalue weighted by molar-refractivity contribution is 0.359. The Kier molecular flexibility index (Phi) is 2.98. The predicted molar refractivity (Wildman–Crippen MR) is 51.5 cm³/mol. The zero-order valence-electron chi connectivity index (χ0n) is 6.46. The Morgan fingerprint density at radius 3 is 2.70 bits per heavy atom. The monoisotopic (exact) mass is 175 g/mol. The van der Waals surface area contributed by atoms with Gasteiger partial charge in [0.05, 0.1) is 0 Å². The van der Waals surface area contributed by atoms with Gasteiger partial charge in [-0.3, -0.25) is 0 Å². The van der Waals surface area contributed by atoms with Crippen molar-refractivity contribution in [2.75, 3.05) is 12.3 Å². The molecule has 1 aliphatic heterocycles. The van der Waals surface area contributed by atoms with E-state index >= 15 is 0 Å². The van der Waals surface area contributed by atoms with Gasteiger partial charge in [0.15, 0.2) is 0 Å². The summed E-state index contributed by atoms with van der Waals surface area (Å²) in [6, 6.07) is 0.584. The first-order chi connectivity index (χ1) is 4.72. The molecule has 0 saturated carbocycles. The summed E-state index contributed by atoms with van der Waals surface area (Å²) in [5.74, 6) is 1.21. The van der Waals surface area contributed by atoms with Crippen LogP contribution in [-0.2, 0) is 0 Å². The van der Waals surface area contributed by atoms with Gasteiger partial charge >= 0.3 is 0 Å². The van der Waals surface area contributed by atoms with Crippen LogP contribution in [0.2, 0.25) is 0 Å². The average molecular weight is 175 g/mol. The fourth-order valence-corrected chi connectivity index (χ4v) is 2.51. The van der Waals surface area contributed by atoms with Crippen LogP contribution < -0.4 is 0 Å². The van der Waals surface area contributed by atoms with Gasteiger partial charge in [0.2, 0.25) is 0 Å². The lowest BCUT2D eigenvalue weighted by Gasteiger charge is -2.32. The van der Waals surface area contributed by atoms with Crippen LogP contribution in [0.3, 0.4) is 0 Å². The van der Waals surface area contributed by atoms with Crippen molar-refractivity contribution in [1.82, 2.24) is 4.90 Å². The van der Waals surface area contributed by atoms with Gasteiger partial charge in [-0.1, -0.05) is 24.0 Å². The lowest BCUT2D eigenvalue weighted by atomic mass is 10.3. The lowest BCUT2D eigenvalue weighted by Crippen LogP contribution is -2.37. The molecule has 0 atom stereocenters. The first kappa shape index (κ1) is 8.34. The number of thiocarbonyl (C=S) groups is 1. The molecule has 1 aliphatic rings. The van der Waals surface area contributed by atoms with Crippen molar-refractivity contribution in [1.29, 1.82) is 0 Å². The normalized spacial score (nSPS) is 20.3. The van der Waals surface area contributed by atoms with E-state index in [-0.39, 0.29) is 0 Å². The van der Waals surface area contributed by atoms with E-state index in [2.05, 4.69) is 18.7 Å². The maximum absolute atomic E-state index is 5.19. The zero-order chi connectivity index (χ0) is 7.56. The molecule has 0 aromatic heterocycles. The van der Waals surface area contributed by atoms with Gasteiger partial charge < -0.3 is 4.90 Å². The smallest absolute Gasteiger partial charge is 0.136 e. The van der Waals surface area contributed by atoms with Crippen LogP contribution >= 0.6 is 24.0 Å². The molecule has 3 heteroatoms. The Balaban J connectivity index is 2.48. The van der Waals surface area contributed by atoms with Crippen molar-refractivity contribution in [3.8, 4) is 0 Å². The molecule has 0 N–H and O–H groups in total. The molecule has 58 valence electrons. The molecule has 1 rings (SSSR count). The molecule has 0 aromatic carbocycles. The minimum atomic E-state index is 0.584. The molecule has 0 spiro atoms. The molecule has 0 amide bonds. The Bertz CT molecular complexity index is 134. The molecule has 0 aliphatic carbocycles. The minimum Gasteiger partial charge on any atom is -0.355 e. The van der Waals surface area contributed by atoms with Crippen molar-refractivity contribution in [2.45, 2.75) is 26.3 Å². The molecule has 1 nitrogen and oxygen atoms in total. The highest BCUT2D eigenvalue weighted by Crippen LogP contribution is 2.19. The summed E-state index contributed by atoms with van der Waals surface area (Å²) < 4.78 is 1.08. The SMILES string of the molecule is CC(C)N1CCCSC1=S. The van der Waals surface area contributed by atoms with Crippen molar-refractivity contribution in [2.24, 2.45) is 0 Å². The maximum Gasteiger partial charge on any atom is 0.136 e. The Hall–Kier alpha value is 0.240. The summed E-state index contributed by atoms with van der Waals surface area (Å²) in [5.41, 5.74) is 0. The van der Waals surface area contributed by atoms with E-state index in [0.717, 1.165) is 10.9 Å². The van der Waals surface area contributed by atoms with Gasteiger partial charge in [-0.15, -0.1) is 0 Å². The number of rotatable bonds is 1. The van der Waals surface area contributed by atoms with Crippen LogP contribution in [0.5, 0.6) is 0 Å². The zero-order valence-corrected chi connectivity index (χ0v) is 8.10.